The molecule has 1 saturated heterocycles. The zero-order valence-electron chi connectivity index (χ0n) is 15.6. The van der Waals surface area contributed by atoms with Crippen LogP contribution in [0.4, 0.5) is 8.78 Å². The molecule has 0 N–H and O–H groups in total. The molecule has 0 bridgehead atoms. The Labute approximate surface area is 161 Å². The molecule has 1 aliphatic heterocycles. The molecule has 2 aromatic carbocycles. The van der Waals surface area contributed by atoms with Crippen LogP contribution >= 0.6 is 0 Å². The molecule has 3 aromatic rings. The summed E-state index contributed by atoms with van der Waals surface area (Å²) in [7, 11) is 0. The lowest BCUT2D eigenvalue weighted by molar-refractivity contribution is 0.0485. The van der Waals surface area contributed by atoms with E-state index in [0.717, 1.165) is 18.4 Å². The molecular formula is C22H21F2NO3. The maximum absolute atomic E-state index is 13.6. The van der Waals surface area contributed by atoms with Crippen LogP contribution in [0, 0.1) is 18.6 Å². The van der Waals surface area contributed by atoms with Gasteiger partial charge >= 0.3 is 0 Å². The molecule has 0 aliphatic carbocycles. The minimum absolute atomic E-state index is 0.0356. The first-order valence-corrected chi connectivity index (χ1v) is 9.35. The largest absolute Gasteiger partial charge is 0.451 e. The number of furan rings is 1. The second kappa shape index (κ2) is 7.72. The predicted octanol–water partition coefficient (Wildman–Crippen LogP) is 4.84. The molecule has 0 spiro atoms. The summed E-state index contributed by atoms with van der Waals surface area (Å²) >= 11 is 0. The van der Waals surface area contributed by atoms with Crippen LogP contribution in [0.15, 0.2) is 46.9 Å². The standard InChI is InChI=1S/C22H21F2NO3/c1-14-19-11-17(24)8-9-20(19)28-21(14)22(26)25(13-18-3-2-10-27-18)12-15-4-6-16(23)7-5-15/h4-9,11,18H,2-3,10,12-13H2,1H3/t18-/m1/s1. The van der Waals surface area contributed by atoms with Gasteiger partial charge in [-0.3, -0.25) is 4.79 Å². The van der Waals surface area contributed by atoms with Crippen molar-refractivity contribution in [2.75, 3.05) is 13.2 Å². The number of carbonyl (C=O) groups excluding carboxylic acids is 1. The average molecular weight is 385 g/mol. The van der Waals surface area contributed by atoms with Gasteiger partial charge in [-0.05, 0) is 55.7 Å². The quantitative estimate of drug-likeness (QED) is 0.631. The molecule has 4 nitrogen and oxygen atoms in total. The molecule has 1 amide bonds. The van der Waals surface area contributed by atoms with Crippen LogP contribution < -0.4 is 0 Å². The maximum Gasteiger partial charge on any atom is 0.290 e. The summed E-state index contributed by atoms with van der Waals surface area (Å²) in [5.74, 6) is -0.788. The Kier molecular flexibility index (Phi) is 5.13. The van der Waals surface area contributed by atoms with Crippen LogP contribution in [0.25, 0.3) is 11.0 Å². The minimum Gasteiger partial charge on any atom is -0.451 e. The number of fused-ring (bicyclic) bond motifs is 1. The van der Waals surface area contributed by atoms with Gasteiger partial charge in [-0.1, -0.05) is 12.1 Å². The molecule has 0 radical (unpaired) electrons. The van der Waals surface area contributed by atoms with E-state index in [1.165, 1.54) is 30.3 Å². The number of aryl methyl sites for hydroxylation is 1. The summed E-state index contributed by atoms with van der Waals surface area (Å²) in [6, 6.07) is 10.3. The van der Waals surface area contributed by atoms with Crippen molar-refractivity contribution in [1.29, 1.82) is 0 Å². The van der Waals surface area contributed by atoms with Gasteiger partial charge in [-0.15, -0.1) is 0 Å². The molecule has 0 saturated carbocycles. The van der Waals surface area contributed by atoms with E-state index in [9.17, 15) is 13.6 Å². The molecule has 2 heterocycles. The number of carbonyl (C=O) groups is 1. The Bertz CT molecular complexity index is 991. The zero-order valence-corrected chi connectivity index (χ0v) is 15.6. The number of amides is 1. The summed E-state index contributed by atoms with van der Waals surface area (Å²) in [5, 5.41) is 0.585. The van der Waals surface area contributed by atoms with Gasteiger partial charge in [0.25, 0.3) is 5.91 Å². The number of hydrogen-bond acceptors (Lipinski definition) is 3. The average Bonchev–Trinajstić information content (AvgIpc) is 3.31. The molecule has 28 heavy (non-hydrogen) atoms. The molecule has 6 heteroatoms. The van der Waals surface area contributed by atoms with E-state index in [2.05, 4.69) is 0 Å². The molecule has 1 atom stereocenters. The molecule has 0 unspecified atom stereocenters. The van der Waals surface area contributed by atoms with Gasteiger partial charge in [0.2, 0.25) is 0 Å². The van der Waals surface area contributed by atoms with Gasteiger partial charge < -0.3 is 14.1 Å². The highest BCUT2D eigenvalue weighted by Crippen LogP contribution is 2.28. The van der Waals surface area contributed by atoms with Crippen LogP contribution in [-0.2, 0) is 11.3 Å². The van der Waals surface area contributed by atoms with E-state index in [1.54, 1.807) is 24.0 Å². The topological polar surface area (TPSA) is 42.7 Å². The van der Waals surface area contributed by atoms with Gasteiger partial charge in [0.05, 0.1) is 6.10 Å². The molecule has 1 aliphatic rings. The van der Waals surface area contributed by atoms with Crippen molar-refractivity contribution in [2.24, 2.45) is 0 Å². The Hall–Kier alpha value is -2.73. The fraction of sp³-hybridized carbons (Fsp3) is 0.318. The highest BCUT2D eigenvalue weighted by molar-refractivity contribution is 5.99. The van der Waals surface area contributed by atoms with Crippen molar-refractivity contribution in [1.82, 2.24) is 4.90 Å². The molecule has 1 fully saturated rings. The second-order valence-electron chi connectivity index (χ2n) is 7.14. The van der Waals surface area contributed by atoms with Crippen LogP contribution in [0.5, 0.6) is 0 Å². The van der Waals surface area contributed by atoms with E-state index in [-0.39, 0.29) is 29.4 Å². The van der Waals surface area contributed by atoms with Crippen LogP contribution in [0.2, 0.25) is 0 Å². The first-order valence-electron chi connectivity index (χ1n) is 9.35. The molecule has 146 valence electrons. The molecule has 4 rings (SSSR count). The monoisotopic (exact) mass is 385 g/mol. The maximum atomic E-state index is 13.6. The van der Waals surface area contributed by atoms with E-state index in [0.29, 0.717) is 36.2 Å². The van der Waals surface area contributed by atoms with Crippen molar-refractivity contribution in [3.05, 3.63) is 71.0 Å². The summed E-state index contributed by atoms with van der Waals surface area (Å²) in [4.78, 5) is 14.9. The Balaban J connectivity index is 1.65. The smallest absolute Gasteiger partial charge is 0.290 e. The van der Waals surface area contributed by atoms with Gasteiger partial charge in [0.15, 0.2) is 5.76 Å². The second-order valence-corrected chi connectivity index (χ2v) is 7.14. The van der Waals surface area contributed by atoms with Gasteiger partial charge in [-0.25, -0.2) is 8.78 Å². The Morgan fingerprint density at radius 2 is 1.89 bits per heavy atom. The van der Waals surface area contributed by atoms with E-state index < -0.39 is 0 Å². The first kappa shape index (κ1) is 18.6. The van der Waals surface area contributed by atoms with Gasteiger partial charge in [0.1, 0.15) is 17.2 Å². The van der Waals surface area contributed by atoms with E-state index in [4.69, 9.17) is 9.15 Å². The van der Waals surface area contributed by atoms with Crippen molar-refractivity contribution in [2.45, 2.75) is 32.4 Å². The molecular weight excluding hydrogens is 364 g/mol. The third-order valence-electron chi connectivity index (χ3n) is 5.11. The number of halogens is 2. The third kappa shape index (κ3) is 3.78. The summed E-state index contributed by atoms with van der Waals surface area (Å²) in [6.45, 7) is 3.16. The zero-order chi connectivity index (χ0) is 19.7. The summed E-state index contributed by atoms with van der Waals surface area (Å²) < 4.78 is 38.3. The van der Waals surface area contributed by atoms with Crippen LogP contribution in [0.3, 0.4) is 0 Å². The fourth-order valence-corrected chi connectivity index (χ4v) is 3.60. The lowest BCUT2D eigenvalue weighted by atomic mass is 10.1. The van der Waals surface area contributed by atoms with Crippen molar-refractivity contribution in [3.63, 3.8) is 0 Å². The molecule has 1 aromatic heterocycles. The minimum atomic E-state index is -0.377. The lowest BCUT2D eigenvalue weighted by Crippen LogP contribution is -2.37. The number of benzene rings is 2. The summed E-state index contributed by atoms with van der Waals surface area (Å²) in [6.07, 6.45) is 1.82. The van der Waals surface area contributed by atoms with E-state index >= 15 is 0 Å². The number of hydrogen-bond donors (Lipinski definition) is 0. The number of rotatable bonds is 5. The van der Waals surface area contributed by atoms with Crippen molar-refractivity contribution < 1.29 is 22.7 Å². The van der Waals surface area contributed by atoms with Crippen LogP contribution in [0.1, 0.15) is 34.5 Å². The fourth-order valence-electron chi connectivity index (χ4n) is 3.60. The normalized spacial score (nSPS) is 16.6. The Morgan fingerprint density at radius 1 is 1.14 bits per heavy atom. The summed E-state index contributed by atoms with van der Waals surface area (Å²) in [5.41, 5.74) is 1.89. The van der Waals surface area contributed by atoms with E-state index in [1.807, 2.05) is 0 Å². The van der Waals surface area contributed by atoms with Crippen LogP contribution in [-0.4, -0.2) is 30.1 Å². The van der Waals surface area contributed by atoms with Gasteiger partial charge in [-0.2, -0.15) is 0 Å². The number of ether oxygens (including phenoxy) is 1. The van der Waals surface area contributed by atoms with Crippen molar-refractivity contribution >= 4 is 16.9 Å². The Morgan fingerprint density at radius 3 is 2.61 bits per heavy atom. The highest BCUT2D eigenvalue weighted by atomic mass is 19.1. The first-order chi connectivity index (χ1) is 13.5. The lowest BCUT2D eigenvalue weighted by Gasteiger charge is -2.25. The van der Waals surface area contributed by atoms with Gasteiger partial charge in [0, 0.05) is 30.6 Å². The highest BCUT2D eigenvalue weighted by Gasteiger charge is 2.27. The SMILES string of the molecule is Cc1c(C(=O)N(Cc2ccc(F)cc2)C[C@H]2CCCO2)oc2ccc(F)cc12. The van der Waals surface area contributed by atoms with Crippen molar-refractivity contribution in [3.8, 4) is 0 Å². The number of nitrogens with zero attached hydrogens (tertiary/aromatic N) is 1. The third-order valence-corrected chi connectivity index (χ3v) is 5.11. The predicted molar refractivity (Wildman–Crippen MR) is 101 cm³/mol.